The number of nitrogens with one attached hydrogen (secondary N) is 1. The van der Waals surface area contributed by atoms with Gasteiger partial charge < -0.3 is 4.74 Å². The molecule has 0 spiro atoms. The second-order valence-electron chi connectivity index (χ2n) is 6.09. The smallest absolute Gasteiger partial charge is 0.252 e. The van der Waals surface area contributed by atoms with E-state index in [-0.39, 0.29) is 17.9 Å². The summed E-state index contributed by atoms with van der Waals surface area (Å²) in [6.07, 6.45) is 0. The number of carbonyl (C=O) groups excluding carboxylic acids is 1. The van der Waals surface area contributed by atoms with Crippen LogP contribution in [-0.4, -0.2) is 29.8 Å². The number of carbonyl (C=O) groups is 1. The van der Waals surface area contributed by atoms with Crippen LogP contribution in [0.15, 0.2) is 28.6 Å². The third kappa shape index (κ3) is 5.60. The quantitative estimate of drug-likeness (QED) is 0.635. The fourth-order valence-corrected chi connectivity index (χ4v) is 3.58. The van der Waals surface area contributed by atoms with Crippen LogP contribution in [0, 0.1) is 0 Å². The maximum atomic E-state index is 11.4. The number of hydrogen-bond donors (Lipinski definition) is 1. The number of nitrogens with zero attached hydrogens (tertiary/aromatic N) is 2. The number of ether oxygens (including phenoxy) is 1. The molecule has 0 bridgehead atoms. The van der Waals surface area contributed by atoms with Gasteiger partial charge in [0.1, 0.15) is 6.61 Å². The summed E-state index contributed by atoms with van der Waals surface area (Å²) >= 11 is 2.98. The molecule has 2 rings (SSSR count). The average Bonchev–Trinajstić information content (AvgIpc) is 2.92. The van der Waals surface area contributed by atoms with Gasteiger partial charge in [0, 0.05) is 12.9 Å². The van der Waals surface area contributed by atoms with Gasteiger partial charge in [-0.25, -0.2) is 0 Å². The molecule has 0 saturated carbocycles. The average molecular weight is 351 g/mol. The van der Waals surface area contributed by atoms with Gasteiger partial charge in [0.05, 0.1) is 0 Å². The molecule has 0 saturated heterocycles. The summed E-state index contributed by atoms with van der Waals surface area (Å²) in [6.45, 7) is 6.63. The first kappa shape index (κ1) is 17.9. The minimum atomic E-state index is -0.224. The van der Waals surface area contributed by atoms with Crippen molar-refractivity contribution < 1.29 is 9.53 Å². The monoisotopic (exact) mass is 351 g/mol. The van der Waals surface area contributed by atoms with E-state index in [1.807, 2.05) is 0 Å². The molecule has 0 aliphatic heterocycles. The van der Waals surface area contributed by atoms with Gasteiger partial charge in [0.2, 0.25) is 5.13 Å². The number of anilines is 1. The largest absolute Gasteiger partial charge is 0.375 e. The lowest BCUT2D eigenvalue weighted by Gasteiger charge is -2.19. The molecule has 7 heteroatoms. The van der Waals surface area contributed by atoms with Crippen LogP contribution in [0.4, 0.5) is 5.13 Å². The normalized spacial score (nSPS) is 11.5. The molecule has 1 N–H and O–H groups in total. The van der Waals surface area contributed by atoms with Gasteiger partial charge >= 0.3 is 0 Å². The van der Waals surface area contributed by atoms with Crippen molar-refractivity contribution in [3.63, 3.8) is 0 Å². The van der Waals surface area contributed by atoms with E-state index in [9.17, 15) is 4.79 Å². The Bertz CT molecular complexity index is 648. The molecular formula is C16H21N3O2S2. The van der Waals surface area contributed by atoms with E-state index in [1.54, 1.807) is 11.8 Å². The Morgan fingerprint density at radius 3 is 2.57 bits per heavy atom. The third-order valence-corrected chi connectivity index (χ3v) is 5.15. The van der Waals surface area contributed by atoms with Crippen molar-refractivity contribution in [3.8, 4) is 0 Å². The fraction of sp³-hybridized carbons (Fsp3) is 0.438. The first-order valence-electron chi connectivity index (χ1n) is 7.23. The van der Waals surface area contributed by atoms with Gasteiger partial charge in [-0.1, -0.05) is 68.1 Å². The van der Waals surface area contributed by atoms with E-state index < -0.39 is 0 Å². The molecule has 124 valence electrons. The van der Waals surface area contributed by atoms with E-state index in [0.717, 1.165) is 10.1 Å². The first-order valence-corrected chi connectivity index (χ1v) is 9.03. The minimum absolute atomic E-state index is 0.0161. The molecule has 0 aliphatic carbocycles. The first-order chi connectivity index (χ1) is 10.9. The SMILES string of the molecule is COCC(=O)Nc1nnc(SCc2ccc(C(C)(C)C)cc2)s1. The highest BCUT2D eigenvalue weighted by molar-refractivity contribution is 8.00. The van der Waals surface area contributed by atoms with Crippen LogP contribution in [0.2, 0.25) is 0 Å². The summed E-state index contributed by atoms with van der Waals surface area (Å²) in [7, 11) is 1.48. The molecule has 1 amide bonds. The van der Waals surface area contributed by atoms with Crippen molar-refractivity contribution in [3.05, 3.63) is 35.4 Å². The molecule has 1 heterocycles. The molecule has 23 heavy (non-hydrogen) atoms. The molecule has 0 fully saturated rings. The lowest BCUT2D eigenvalue weighted by molar-refractivity contribution is -0.119. The molecular weight excluding hydrogens is 330 g/mol. The molecule has 5 nitrogen and oxygen atoms in total. The van der Waals surface area contributed by atoms with E-state index in [4.69, 9.17) is 4.74 Å². The van der Waals surface area contributed by atoms with Crippen molar-refractivity contribution in [2.75, 3.05) is 19.0 Å². The van der Waals surface area contributed by atoms with Crippen molar-refractivity contribution in [1.82, 2.24) is 10.2 Å². The van der Waals surface area contributed by atoms with Crippen molar-refractivity contribution in [2.24, 2.45) is 0 Å². The Morgan fingerprint density at radius 1 is 1.26 bits per heavy atom. The number of amides is 1. The van der Waals surface area contributed by atoms with E-state index in [2.05, 4.69) is 60.6 Å². The second-order valence-corrected chi connectivity index (χ2v) is 8.29. The number of aromatic nitrogens is 2. The van der Waals surface area contributed by atoms with Gasteiger partial charge in [-0.3, -0.25) is 10.1 Å². The predicted molar refractivity (Wildman–Crippen MR) is 95.1 cm³/mol. The van der Waals surface area contributed by atoms with E-state index >= 15 is 0 Å². The Morgan fingerprint density at radius 2 is 1.96 bits per heavy atom. The Balaban J connectivity index is 1.89. The molecule has 1 aromatic heterocycles. The highest BCUT2D eigenvalue weighted by atomic mass is 32.2. The van der Waals surface area contributed by atoms with E-state index in [0.29, 0.717) is 5.13 Å². The van der Waals surface area contributed by atoms with Crippen LogP contribution in [0.5, 0.6) is 0 Å². The Labute approximate surface area is 144 Å². The number of thioether (sulfide) groups is 1. The van der Waals surface area contributed by atoms with Crippen LogP contribution >= 0.6 is 23.1 Å². The molecule has 1 aromatic carbocycles. The summed E-state index contributed by atoms with van der Waals surface area (Å²) < 4.78 is 5.59. The Hall–Kier alpha value is -1.44. The van der Waals surface area contributed by atoms with Crippen LogP contribution < -0.4 is 5.32 Å². The minimum Gasteiger partial charge on any atom is -0.375 e. The van der Waals surface area contributed by atoms with Crippen molar-refractivity contribution in [1.29, 1.82) is 0 Å². The van der Waals surface area contributed by atoms with Crippen LogP contribution in [-0.2, 0) is 20.7 Å². The zero-order chi connectivity index (χ0) is 16.9. The number of methoxy groups -OCH3 is 1. The molecule has 2 aromatic rings. The Kier molecular flexibility index (Phi) is 6.15. The maximum absolute atomic E-state index is 11.4. The summed E-state index contributed by atoms with van der Waals surface area (Å²) in [5.41, 5.74) is 2.73. The number of rotatable bonds is 6. The van der Waals surface area contributed by atoms with Crippen LogP contribution in [0.25, 0.3) is 0 Å². The predicted octanol–water partition coefficient (Wildman–Crippen LogP) is 3.71. The number of benzene rings is 1. The fourth-order valence-electron chi connectivity index (χ4n) is 1.85. The van der Waals surface area contributed by atoms with Crippen LogP contribution in [0.3, 0.4) is 0 Å². The topological polar surface area (TPSA) is 64.1 Å². The van der Waals surface area contributed by atoms with Gasteiger partial charge in [0.15, 0.2) is 4.34 Å². The van der Waals surface area contributed by atoms with E-state index in [1.165, 1.54) is 29.6 Å². The standard InChI is InChI=1S/C16H21N3O2S2/c1-16(2,3)12-7-5-11(6-8-12)10-22-15-19-18-14(23-15)17-13(20)9-21-4/h5-8H,9-10H2,1-4H3,(H,17,18,20). The van der Waals surface area contributed by atoms with Crippen LogP contribution in [0.1, 0.15) is 31.9 Å². The molecule has 0 unspecified atom stereocenters. The summed E-state index contributed by atoms with van der Waals surface area (Å²) in [5.74, 6) is 0.600. The van der Waals surface area contributed by atoms with Gasteiger partial charge in [-0.15, -0.1) is 10.2 Å². The zero-order valence-electron chi connectivity index (χ0n) is 13.8. The zero-order valence-corrected chi connectivity index (χ0v) is 15.4. The molecule has 0 radical (unpaired) electrons. The van der Waals surface area contributed by atoms with Gasteiger partial charge in [0.25, 0.3) is 5.91 Å². The lowest BCUT2D eigenvalue weighted by atomic mass is 9.87. The lowest BCUT2D eigenvalue weighted by Crippen LogP contribution is -2.16. The summed E-state index contributed by atoms with van der Waals surface area (Å²) in [4.78, 5) is 11.4. The molecule has 0 atom stereocenters. The van der Waals surface area contributed by atoms with Crippen molar-refractivity contribution >= 4 is 34.1 Å². The highest BCUT2D eigenvalue weighted by Crippen LogP contribution is 2.29. The number of hydrogen-bond acceptors (Lipinski definition) is 6. The van der Waals surface area contributed by atoms with Crippen molar-refractivity contribution in [2.45, 2.75) is 36.3 Å². The highest BCUT2D eigenvalue weighted by Gasteiger charge is 2.13. The third-order valence-electron chi connectivity index (χ3n) is 3.11. The maximum Gasteiger partial charge on any atom is 0.252 e. The summed E-state index contributed by atoms with van der Waals surface area (Å²) in [6, 6.07) is 8.64. The second kappa shape index (κ2) is 7.90. The van der Waals surface area contributed by atoms with Gasteiger partial charge in [-0.05, 0) is 16.5 Å². The summed E-state index contributed by atoms with van der Waals surface area (Å²) in [5, 5.41) is 11.2. The van der Waals surface area contributed by atoms with Gasteiger partial charge in [-0.2, -0.15) is 0 Å². The molecule has 0 aliphatic rings.